The largest absolute Gasteiger partial charge is 0.386 e. The van der Waals surface area contributed by atoms with Gasteiger partial charge in [-0.25, -0.2) is 4.68 Å². The van der Waals surface area contributed by atoms with E-state index in [1.54, 1.807) is 30.5 Å². The third kappa shape index (κ3) is 3.07. The maximum Gasteiger partial charge on any atom is 0.200 e. The second-order valence-electron chi connectivity index (χ2n) is 4.47. The highest BCUT2D eigenvalue weighted by Gasteiger charge is 2.15. The zero-order chi connectivity index (χ0) is 14.7. The van der Waals surface area contributed by atoms with Crippen LogP contribution in [0.2, 0.25) is 5.02 Å². The summed E-state index contributed by atoms with van der Waals surface area (Å²) >= 11 is 5.84. The van der Waals surface area contributed by atoms with Crippen LogP contribution in [0.5, 0.6) is 0 Å². The van der Waals surface area contributed by atoms with Crippen molar-refractivity contribution in [1.82, 2.24) is 25.2 Å². The number of aliphatic hydroxyl groups is 1. The Morgan fingerprint density at radius 1 is 1.14 bits per heavy atom. The van der Waals surface area contributed by atoms with Crippen molar-refractivity contribution in [3.63, 3.8) is 0 Å². The molecule has 7 heteroatoms. The highest BCUT2D eigenvalue weighted by atomic mass is 35.5. The summed E-state index contributed by atoms with van der Waals surface area (Å²) in [5.41, 5.74) is 1.41. The average molecular weight is 302 g/mol. The number of pyridine rings is 1. The molecular formula is C14H12ClN5O. The van der Waals surface area contributed by atoms with Gasteiger partial charge in [0.1, 0.15) is 5.69 Å². The molecule has 1 atom stereocenters. The van der Waals surface area contributed by atoms with Gasteiger partial charge in [-0.3, -0.25) is 4.98 Å². The zero-order valence-electron chi connectivity index (χ0n) is 11.0. The van der Waals surface area contributed by atoms with E-state index < -0.39 is 6.10 Å². The number of rotatable bonds is 4. The lowest BCUT2D eigenvalue weighted by molar-refractivity contribution is 0.151. The summed E-state index contributed by atoms with van der Waals surface area (Å²) in [6.45, 7) is 0.237. The Balaban J connectivity index is 1.83. The van der Waals surface area contributed by atoms with Gasteiger partial charge in [0.15, 0.2) is 0 Å². The van der Waals surface area contributed by atoms with E-state index in [0.29, 0.717) is 16.5 Å². The molecule has 0 spiro atoms. The van der Waals surface area contributed by atoms with Crippen molar-refractivity contribution in [3.05, 3.63) is 59.2 Å². The van der Waals surface area contributed by atoms with E-state index in [1.165, 1.54) is 4.68 Å². The molecule has 2 aromatic heterocycles. The zero-order valence-corrected chi connectivity index (χ0v) is 11.7. The van der Waals surface area contributed by atoms with Gasteiger partial charge in [-0.2, -0.15) is 0 Å². The second kappa shape index (κ2) is 5.99. The smallest absolute Gasteiger partial charge is 0.200 e. The van der Waals surface area contributed by atoms with E-state index in [-0.39, 0.29) is 6.54 Å². The van der Waals surface area contributed by atoms with E-state index in [9.17, 15) is 5.11 Å². The fourth-order valence-electron chi connectivity index (χ4n) is 1.96. The molecule has 0 aliphatic rings. The quantitative estimate of drug-likeness (QED) is 0.799. The Hall–Kier alpha value is -2.31. The first-order chi connectivity index (χ1) is 10.2. The summed E-state index contributed by atoms with van der Waals surface area (Å²) in [5, 5.41) is 22.4. The van der Waals surface area contributed by atoms with Crippen LogP contribution in [0.4, 0.5) is 0 Å². The number of tetrazole rings is 1. The van der Waals surface area contributed by atoms with Gasteiger partial charge >= 0.3 is 0 Å². The van der Waals surface area contributed by atoms with Crippen molar-refractivity contribution in [2.75, 3.05) is 0 Å². The molecule has 2 heterocycles. The Kier molecular flexibility index (Phi) is 3.89. The molecular weight excluding hydrogens is 290 g/mol. The summed E-state index contributed by atoms with van der Waals surface area (Å²) < 4.78 is 1.53. The Morgan fingerprint density at radius 3 is 2.67 bits per heavy atom. The van der Waals surface area contributed by atoms with Crippen LogP contribution >= 0.6 is 11.6 Å². The number of hydrogen-bond donors (Lipinski definition) is 1. The Bertz CT molecular complexity index is 714. The molecule has 0 amide bonds. The van der Waals surface area contributed by atoms with E-state index in [0.717, 1.165) is 5.56 Å². The molecule has 1 unspecified atom stereocenters. The summed E-state index contributed by atoms with van der Waals surface area (Å²) in [4.78, 5) is 4.21. The minimum Gasteiger partial charge on any atom is -0.386 e. The van der Waals surface area contributed by atoms with Gasteiger partial charge in [0.05, 0.1) is 12.6 Å². The molecule has 3 rings (SSSR count). The van der Waals surface area contributed by atoms with Crippen LogP contribution in [-0.2, 0) is 6.54 Å². The second-order valence-corrected chi connectivity index (χ2v) is 4.90. The molecule has 0 fully saturated rings. The number of hydrogen-bond acceptors (Lipinski definition) is 5. The normalized spacial score (nSPS) is 12.3. The van der Waals surface area contributed by atoms with Crippen molar-refractivity contribution in [1.29, 1.82) is 0 Å². The summed E-state index contributed by atoms with van der Waals surface area (Å²) in [7, 11) is 0. The topological polar surface area (TPSA) is 76.7 Å². The van der Waals surface area contributed by atoms with Crippen LogP contribution in [0, 0.1) is 0 Å². The molecule has 3 aromatic rings. The highest BCUT2D eigenvalue weighted by Crippen LogP contribution is 2.20. The summed E-state index contributed by atoms with van der Waals surface area (Å²) in [6, 6.07) is 12.5. The van der Waals surface area contributed by atoms with Gasteiger partial charge < -0.3 is 5.11 Å². The number of aliphatic hydroxyl groups excluding tert-OH is 1. The van der Waals surface area contributed by atoms with E-state index in [4.69, 9.17) is 11.6 Å². The fraction of sp³-hybridized carbons (Fsp3) is 0.143. The molecule has 0 bridgehead atoms. The number of aromatic nitrogens is 5. The van der Waals surface area contributed by atoms with E-state index in [2.05, 4.69) is 20.5 Å². The van der Waals surface area contributed by atoms with Gasteiger partial charge in [0.2, 0.25) is 5.82 Å². The van der Waals surface area contributed by atoms with Crippen molar-refractivity contribution < 1.29 is 5.11 Å². The first kappa shape index (κ1) is 13.7. The van der Waals surface area contributed by atoms with E-state index >= 15 is 0 Å². The number of halogens is 1. The highest BCUT2D eigenvalue weighted by molar-refractivity contribution is 6.30. The average Bonchev–Trinajstić information content (AvgIpc) is 2.97. The lowest BCUT2D eigenvalue weighted by atomic mass is 10.1. The van der Waals surface area contributed by atoms with Crippen molar-refractivity contribution in [2.24, 2.45) is 0 Å². The van der Waals surface area contributed by atoms with E-state index in [1.807, 2.05) is 18.2 Å². The van der Waals surface area contributed by atoms with Crippen molar-refractivity contribution >= 4 is 11.6 Å². The predicted octanol–water partition coefficient (Wildman–Crippen LogP) is 2.12. The molecule has 1 N–H and O–H groups in total. The van der Waals surface area contributed by atoms with Crippen LogP contribution < -0.4 is 0 Å². The van der Waals surface area contributed by atoms with Gasteiger partial charge in [0, 0.05) is 11.2 Å². The Morgan fingerprint density at radius 2 is 1.95 bits per heavy atom. The molecule has 0 aliphatic heterocycles. The standard InChI is InChI=1S/C14H12ClN5O/c15-11-6-4-10(5-7-11)13(21)9-20-14(17-18-19-20)12-3-1-2-8-16-12/h1-8,13,21H,9H2. The molecule has 21 heavy (non-hydrogen) atoms. The molecule has 0 aliphatic carbocycles. The van der Waals surface area contributed by atoms with Crippen LogP contribution in [0.15, 0.2) is 48.7 Å². The van der Waals surface area contributed by atoms with Gasteiger partial charge in [-0.15, -0.1) is 5.10 Å². The molecule has 0 radical (unpaired) electrons. The van der Waals surface area contributed by atoms with Crippen LogP contribution in [-0.4, -0.2) is 30.3 Å². The van der Waals surface area contributed by atoms with Crippen LogP contribution in [0.1, 0.15) is 11.7 Å². The van der Waals surface area contributed by atoms with Crippen molar-refractivity contribution in [3.8, 4) is 11.5 Å². The van der Waals surface area contributed by atoms with Gasteiger partial charge in [0.25, 0.3) is 0 Å². The molecule has 6 nitrogen and oxygen atoms in total. The minimum atomic E-state index is -0.728. The monoisotopic (exact) mass is 301 g/mol. The fourth-order valence-corrected chi connectivity index (χ4v) is 2.09. The maximum absolute atomic E-state index is 10.3. The molecule has 0 saturated carbocycles. The number of nitrogens with zero attached hydrogens (tertiary/aromatic N) is 5. The molecule has 106 valence electrons. The van der Waals surface area contributed by atoms with Crippen LogP contribution in [0.3, 0.4) is 0 Å². The summed E-state index contributed by atoms with van der Waals surface area (Å²) in [5.74, 6) is 0.517. The van der Waals surface area contributed by atoms with Gasteiger partial charge in [-0.1, -0.05) is 29.8 Å². The van der Waals surface area contributed by atoms with Crippen molar-refractivity contribution in [2.45, 2.75) is 12.6 Å². The minimum absolute atomic E-state index is 0.237. The molecule has 1 aromatic carbocycles. The number of benzene rings is 1. The first-order valence-corrected chi connectivity index (χ1v) is 6.73. The molecule has 0 saturated heterocycles. The lowest BCUT2D eigenvalue weighted by Crippen LogP contribution is -2.11. The lowest BCUT2D eigenvalue weighted by Gasteiger charge is -2.11. The Labute approximate surface area is 126 Å². The SMILES string of the molecule is OC(Cn1nnnc1-c1ccccn1)c1ccc(Cl)cc1. The van der Waals surface area contributed by atoms with Gasteiger partial charge in [-0.05, 0) is 40.3 Å². The summed E-state index contributed by atoms with van der Waals surface area (Å²) in [6.07, 6.45) is 0.942. The maximum atomic E-state index is 10.3. The third-order valence-corrected chi connectivity index (χ3v) is 3.28. The predicted molar refractivity (Wildman–Crippen MR) is 77.5 cm³/mol. The van der Waals surface area contributed by atoms with Crippen LogP contribution in [0.25, 0.3) is 11.5 Å². The first-order valence-electron chi connectivity index (χ1n) is 6.35. The third-order valence-electron chi connectivity index (χ3n) is 3.03.